The number of hydrogen-bond acceptors (Lipinski definition) is 11. The molecule has 3 N–H and O–H groups in total. The quantitative estimate of drug-likeness (QED) is 0.0228. The highest BCUT2D eigenvalue weighted by molar-refractivity contribution is 5.74. The molecule has 12 nitrogen and oxygen atoms in total. The molecule has 1 aliphatic rings. The van der Waals surface area contributed by atoms with Gasteiger partial charge in [-0.2, -0.15) is 0 Å². The van der Waals surface area contributed by atoms with E-state index in [0.717, 1.165) is 83.5 Å². The van der Waals surface area contributed by atoms with E-state index in [1.807, 2.05) is 0 Å². The summed E-state index contributed by atoms with van der Waals surface area (Å²) in [5.41, 5.74) is 0. The van der Waals surface area contributed by atoms with Crippen molar-refractivity contribution < 1.29 is 58.2 Å². The number of ether oxygens (including phenoxy) is 5. The number of hydrogen-bond donors (Lipinski definition) is 3. The van der Waals surface area contributed by atoms with Crippen LogP contribution in [0.15, 0.2) is 48.6 Å². The van der Waals surface area contributed by atoms with E-state index < -0.39 is 67.3 Å². The van der Waals surface area contributed by atoms with E-state index in [1.165, 1.54) is 135 Å². The molecule has 0 aromatic rings. The molecule has 6 atom stereocenters. The van der Waals surface area contributed by atoms with E-state index in [2.05, 4.69) is 69.4 Å². The van der Waals surface area contributed by atoms with Crippen molar-refractivity contribution in [1.29, 1.82) is 0 Å². The molecule has 1 heterocycles. The fourth-order valence-corrected chi connectivity index (χ4v) is 9.24. The Morgan fingerprint density at radius 3 is 1.28 bits per heavy atom. The fourth-order valence-electron chi connectivity index (χ4n) is 9.24. The first-order valence-electron chi connectivity index (χ1n) is 30.6. The van der Waals surface area contributed by atoms with Crippen LogP contribution in [0.5, 0.6) is 0 Å². The topological polar surface area (TPSA) is 175 Å². The molecule has 0 aromatic heterocycles. The molecular weight excluding hydrogens is 949 g/mol. The van der Waals surface area contributed by atoms with Gasteiger partial charge < -0.3 is 39.0 Å². The molecule has 1 fully saturated rings. The number of carbonyl (C=O) groups excluding carboxylic acids is 3. The van der Waals surface area contributed by atoms with Crippen molar-refractivity contribution in [3.8, 4) is 0 Å². The summed E-state index contributed by atoms with van der Waals surface area (Å²) in [6.07, 6.45) is 49.4. The van der Waals surface area contributed by atoms with Crippen molar-refractivity contribution >= 4 is 23.9 Å². The highest BCUT2D eigenvalue weighted by atomic mass is 16.7. The number of aliphatic carboxylic acids is 1. The van der Waals surface area contributed by atoms with Crippen molar-refractivity contribution in [3.63, 3.8) is 0 Å². The number of carboxylic acid groups (broad SMARTS) is 1. The van der Waals surface area contributed by atoms with E-state index in [9.17, 15) is 34.5 Å². The van der Waals surface area contributed by atoms with Crippen LogP contribution >= 0.6 is 0 Å². The Bertz CT molecular complexity index is 1490. The van der Waals surface area contributed by atoms with E-state index >= 15 is 0 Å². The molecule has 75 heavy (non-hydrogen) atoms. The number of aliphatic hydroxyl groups excluding tert-OH is 2. The standard InChI is InChI=1S/C63H110O12/c1-4-7-10-13-16-19-22-25-27-28-30-33-36-39-42-45-48-51-57(66)74-61-59(68)58(67)60(62(69)70)75-63(61)72-53-54(73-56(65)50-47-44-41-38-35-31-24-21-18-15-12-9-6-3)52-71-55(64)49-46-43-40-37-34-32-29-26-23-20-17-14-11-8-5-2/h8,11,17,20,26,29,34,37,54,58-61,63,67-68H,4-7,9-10,12-16,18-19,21-25,27-28,30-33,35-36,38-53H2,1-3H3,(H,69,70)/b11-8-,20-17-,29-26-,37-34-. The predicted molar refractivity (Wildman–Crippen MR) is 303 cm³/mol. The van der Waals surface area contributed by atoms with Crippen molar-refractivity contribution in [3.05, 3.63) is 48.6 Å². The Morgan fingerprint density at radius 2 is 0.840 bits per heavy atom. The summed E-state index contributed by atoms with van der Waals surface area (Å²) >= 11 is 0. The van der Waals surface area contributed by atoms with E-state index in [4.69, 9.17) is 23.7 Å². The van der Waals surface area contributed by atoms with E-state index in [-0.39, 0.29) is 25.9 Å². The summed E-state index contributed by atoms with van der Waals surface area (Å²) in [4.78, 5) is 51.1. The molecule has 1 aliphatic heterocycles. The molecule has 12 heteroatoms. The molecule has 0 bridgehead atoms. The number of unbranched alkanes of at least 4 members (excludes halogenated alkanes) is 30. The number of aliphatic hydroxyl groups is 2. The molecule has 6 unspecified atom stereocenters. The third-order valence-corrected chi connectivity index (χ3v) is 13.9. The van der Waals surface area contributed by atoms with E-state index in [1.54, 1.807) is 0 Å². The van der Waals surface area contributed by atoms with Crippen LogP contribution < -0.4 is 0 Å². The zero-order chi connectivity index (χ0) is 54.7. The normalized spacial score (nSPS) is 18.4. The lowest BCUT2D eigenvalue weighted by Gasteiger charge is -2.40. The Morgan fingerprint density at radius 1 is 0.453 bits per heavy atom. The first-order valence-corrected chi connectivity index (χ1v) is 30.6. The van der Waals surface area contributed by atoms with Crippen LogP contribution in [0.4, 0.5) is 0 Å². The van der Waals surface area contributed by atoms with Crippen LogP contribution in [0.25, 0.3) is 0 Å². The number of rotatable bonds is 52. The Labute approximate surface area is 456 Å². The van der Waals surface area contributed by atoms with Gasteiger partial charge in [-0.05, 0) is 57.8 Å². The van der Waals surface area contributed by atoms with Crippen molar-refractivity contribution in [2.24, 2.45) is 0 Å². The van der Waals surface area contributed by atoms with Crippen molar-refractivity contribution in [1.82, 2.24) is 0 Å². The van der Waals surface area contributed by atoms with Crippen molar-refractivity contribution in [2.75, 3.05) is 13.2 Å². The SMILES string of the molecule is CC/C=C\C/C=C\C/C=C\C/C=C\CCCCC(=O)OCC(COC1OC(C(=O)O)C(O)C(O)C1OC(=O)CCCCCCCCCCCCCCCCCCC)OC(=O)CCCCCCCCCCCCCCC. The number of allylic oxidation sites excluding steroid dienone is 8. The molecule has 1 rings (SSSR count). The molecule has 0 aliphatic carbocycles. The summed E-state index contributed by atoms with van der Waals surface area (Å²) < 4.78 is 28.4. The lowest BCUT2D eigenvalue weighted by molar-refractivity contribution is -0.301. The second-order valence-electron chi connectivity index (χ2n) is 21.0. The van der Waals surface area contributed by atoms with Gasteiger partial charge in [0.25, 0.3) is 0 Å². The van der Waals surface area contributed by atoms with Gasteiger partial charge in [0, 0.05) is 19.3 Å². The lowest BCUT2D eigenvalue weighted by Crippen LogP contribution is -2.61. The molecule has 0 saturated carbocycles. The average molecular weight is 1060 g/mol. The summed E-state index contributed by atoms with van der Waals surface area (Å²) in [6.45, 7) is 5.87. The maximum absolute atomic E-state index is 13.1. The molecular formula is C63H110O12. The van der Waals surface area contributed by atoms with Gasteiger partial charge in [-0.15, -0.1) is 0 Å². The molecule has 0 spiro atoms. The van der Waals surface area contributed by atoms with Gasteiger partial charge in [0.2, 0.25) is 0 Å². The van der Waals surface area contributed by atoms with Gasteiger partial charge in [0.15, 0.2) is 24.6 Å². The average Bonchev–Trinajstić information content (AvgIpc) is 3.39. The minimum atomic E-state index is -1.90. The smallest absolute Gasteiger partial charge is 0.335 e. The van der Waals surface area contributed by atoms with Crippen LogP contribution in [0.3, 0.4) is 0 Å². The number of esters is 3. The van der Waals surface area contributed by atoms with Gasteiger partial charge in [-0.1, -0.05) is 249 Å². The Kier molecular flexibility index (Phi) is 47.8. The Balaban J connectivity index is 2.68. The molecule has 0 amide bonds. The lowest BCUT2D eigenvalue weighted by atomic mass is 9.98. The fraction of sp³-hybridized carbons (Fsp3) is 0.810. The molecule has 1 saturated heterocycles. The molecule has 434 valence electrons. The van der Waals surface area contributed by atoms with Gasteiger partial charge in [0.05, 0.1) is 6.61 Å². The highest BCUT2D eigenvalue weighted by Crippen LogP contribution is 2.27. The summed E-state index contributed by atoms with van der Waals surface area (Å²) in [7, 11) is 0. The minimum absolute atomic E-state index is 0.0613. The first-order chi connectivity index (χ1) is 36.6. The zero-order valence-electron chi connectivity index (χ0n) is 47.8. The molecule has 0 radical (unpaired) electrons. The third kappa shape index (κ3) is 41.5. The highest BCUT2D eigenvalue weighted by Gasteiger charge is 2.50. The third-order valence-electron chi connectivity index (χ3n) is 13.9. The summed E-state index contributed by atoms with van der Waals surface area (Å²) in [5, 5.41) is 31.5. The van der Waals surface area contributed by atoms with Crippen LogP contribution in [-0.2, 0) is 42.9 Å². The molecule has 0 aromatic carbocycles. The van der Waals surface area contributed by atoms with Gasteiger partial charge in [-0.3, -0.25) is 14.4 Å². The van der Waals surface area contributed by atoms with E-state index in [0.29, 0.717) is 19.3 Å². The van der Waals surface area contributed by atoms with Crippen LogP contribution in [0, 0.1) is 0 Å². The van der Waals surface area contributed by atoms with Crippen molar-refractivity contribution in [2.45, 2.75) is 314 Å². The first kappa shape index (κ1) is 69.7. The maximum atomic E-state index is 13.1. The summed E-state index contributed by atoms with van der Waals surface area (Å²) in [5.74, 6) is -3.15. The monoisotopic (exact) mass is 1060 g/mol. The van der Waals surface area contributed by atoms with Crippen LogP contribution in [0.1, 0.15) is 278 Å². The summed E-state index contributed by atoms with van der Waals surface area (Å²) in [6, 6.07) is 0. The maximum Gasteiger partial charge on any atom is 0.335 e. The van der Waals surface area contributed by atoms with Gasteiger partial charge in [-0.25, -0.2) is 4.79 Å². The second kappa shape index (κ2) is 51.4. The number of carboxylic acids is 1. The van der Waals surface area contributed by atoms with Gasteiger partial charge >= 0.3 is 23.9 Å². The largest absolute Gasteiger partial charge is 0.479 e. The van der Waals surface area contributed by atoms with Crippen LogP contribution in [-0.4, -0.2) is 89.2 Å². The second-order valence-corrected chi connectivity index (χ2v) is 21.0. The van der Waals surface area contributed by atoms with Crippen LogP contribution in [0.2, 0.25) is 0 Å². The number of carbonyl (C=O) groups is 4. The zero-order valence-corrected chi connectivity index (χ0v) is 47.8. The van der Waals surface area contributed by atoms with Gasteiger partial charge in [0.1, 0.15) is 18.8 Å². The Hall–Kier alpha value is -3.32. The minimum Gasteiger partial charge on any atom is -0.479 e. The predicted octanol–water partition coefficient (Wildman–Crippen LogP) is 15.8.